The molecule has 0 aromatic carbocycles. The summed E-state index contributed by atoms with van der Waals surface area (Å²) in [5, 5.41) is 3.20. The molecule has 0 amide bonds. The maximum absolute atomic E-state index is 5.84. The maximum Gasteiger partial charge on any atom is 0.188 e. The summed E-state index contributed by atoms with van der Waals surface area (Å²) in [6.45, 7) is 7.23. The Bertz CT molecular complexity index is 273. The molecule has 2 aliphatic rings. The van der Waals surface area contributed by atoms with E-state index in [9.17, 15) is 0 Å². The molecule has 0 radical (unpaired) electrons. The Kier molecular flexibility index (Phi) is 3.13. The quantitative estimate of drug-likeness (QED) is 0.569. The lowest BCUT2D eigenvalue weighted by atomic mass is 9.81. The van der Waals surface area contributed by atoms with E-state index in [1.165, 1.54) is 25.7 Å². The highest BCUT2D eigenvalue weighted by molar-refractivity contribution is 5.78. The van der Waals surface area contributed by atoms with E-state index < -0.39 is 0 Å². The van der Waals surface area contributed by atoms with E-state index in [0.29, 0.717) is 5.96 Å². The Morgan fingerprint density at radius 3 is 2.56 bits per heavy atom. The van der Waals surface area contributed by atoms with Crippen molar-refractivity contribution in [2.45, 2.75) is 52.0 Å². The van der Waals surface area contributed by atoms with Crippen LogP contribution in [-0.2, 0) is 0 Å². The third-order valence-corrected chi connectivity index (χ3v) is 3.73. The Labute approximate surface area is 98.9 Å². The largest absolute Gasteiger partial charge is 0.370 e. The standard InChI is InChI=1S/C13H25N3/c1-13(2,3)16-12(14)15-8-10-7-11(10)9-5-4-6-9/h9-11H,4-8H2,1-3H3,(H3,14,15,16)/t10-,11-/m0/s1. The molecule has 92 valence electrons. The van der Waals surface area contributed by atoms with Crippen LogP contribution in [0.2, 0.25) is 0 Å². The van der Waals surface area contributed by atoms with Gasteiger partial charge in [0.25, 0.3) is 0 Å². The van der Waals surface area contributed by atoms with E-state index in [0.717, 1.165) is 24.3 Å². The lowest BCUT2D eigenvalue weighted by Gasteiger charge is -2.25. The lowest BCUT2D eigenvalue weighted by Crippen LogP contribution is -2.45. The van der Waals surface area contributed by atoms with Crippen molar-refractivity contribution < 1.29 is 0 Å². The van der Waals surface area contributed by atoms with E-state index in [4.69, 9.17) is 5.73 Å². The van der Waals surface area contributed by atoms with Crippen LogP contribution < -0.4 is 11.1 Å². The summed E-state index contributed by atoms with van der Waals surface area (Å²) >= 11 is 0. The lowest BCUT2D eigenvalue weighted by molar-refractivity contribution is 0.266. The third-order valence-electron chi connectivity index (χ3n) is 3.73. The second kappa shape index (κ2) is 4.27. The van der Waals surface area contributed by atoms with E-state index in [-0.39, 0.29) is 5.54 Å². The molecule has 2 atom stereocenters. The van der Waals surface area contributed by atoms with E-state index in [1.54, 1.807) is 0 Å². The van der Waals surface area contributed by atoms with Crippen molar-refractivity contribution in [1.82, 2.24) is 5.32 Å². The molecule has 2 saturated carbocycles. The molecule has 0 aromatic rings. The monoisotopic (exact) mass is 223 g/mol. The van der Waals surface area contributed by atoms with Crippen molar-refractivity contribution in [3.8, 4) is 0 Å². The molecule has 0 aliphatic heterocycles. The molecular formula is C13H25N3. The second-order valence-corrected chi connectivity index (χ2v) is 6.45. The molecule has 2 fully saturated rings. The summed E-state index contributed by atoms with van der Waals surface area (Å²) in [4.78, 5) is 4.45. The van der Waals surface area contributed by atoms with Crippen LogP contribution in [0.3, 0.4) is 0 Å². The van der Waals surface area contributed by atoms with Gasteiger partial charge in [-0.25, -0.2) is 0 Å². The summed E-state index contributed by atoms with van der Waals surface area (Å²) < 4.78 is 0. The first kappa shape index (κ1) is 11.7. The molecule has 3 N–H and O–H groups in total. The average Bonchev–Trinajstić information content (AvgIpc) is 2.74. The second-order valence-electron chi connectivity index (χ2n) is 6.45. The topological polar surface area (TPSA) is 50.4 Å². The summed E-state index contributed by atoms with van der Waals surface area (Å²) in [6, 6.07) is 0. The predicted molar refractivity (Wildman–Crippen MR) is 68.3 cm³/mol. The highest BCUT2D eigenvalue weighted by atomic mass is 15.1. The van der Waals surface area contributed by atoms with Crippen LogP contribution in [0.5, 0.6) is 0 Å². The van der Waals surface area contributed by atoms with Gasteiger partial charge in [-0.15, -0.1) is 0 Å². The van der Waals surface area contributed by atoms with Gasteiger partial charge in [-0.1, -0.05) is 19.3 Å². The number of guanidine groups is 1. The predicted octanol–water partition coefficient (Wildman–Crippen LogP) is 2.13. The van der Waals surface area contributed by atoms with Crippen LogP contribution in [0.25, 0.3) is 0 Å². The summed E-state index contributed by atoms with van der Waals surface area (Å²) in [5.74, 6) is 3.43. The van der Waals surface area contributed by atoms with Crippen molar-refractivity contribution in [2.75, 3.05) is 6.54 Å². The molecule has 0 saturated heterocycles. The van der Waals surface area contributed by atoms with Crippen LogP contribution in [0.15, 0.2) is 4.99 Å². The molecule has 0 bridgehead atoms. The van der Waals surface area contributed by atoms with Gasteiger partial charge in [-0.2, -0.15) is 0 Å². The van der Waals surface area contributed by atoms with Crippen LogP contribution in [0.1, 0.15) is 46.5 Å². The van der Waals surface area contributed by atoms with Gasteiger partial charge in [-0.3, -0.25) is 4.99 Å². The SMILES string of the molecule is CC(C)(C)NC(N)=NC[C@@H]1C[C@H]1C1CCC1. The molecule has 3 heteroatoms. The fraction of sp³-hybridized carbons (Fsp3) is 0.923. The Hall–Kier alpha value is -0.730. The molecule has 2 aliphatic carbocycles. The Morgan fingerprint density at radius 1 is 1.38 bits per heavy atom. The van der Waals surface area contributed by atoms with Gasteiger partial charge in [0.1, 0.15) is 0 Å². The van der Waals surface area contributed by atoms with Crippen molar-refractivity contribution in [3.63, 3.8) is 0 Å². The number of rotatable bonds is 3. The number of nitrogens with one attached hydrogen (secondary N) is 1. The average molecular weight is 223 g/mol. The molecule has 16 heavy (non-hydrogen) atoms. The van der Waals surface area contributed by atoms with Crippen LogP contribution in [-0.4, -0.2) is 18.0 Å². The van der Waals surface area contributed by atoms with E-state index >= 15 is 0 Å². The fourth-order valence-corrected chi connectivity index (χ4v) is 2.57. The van der Waals surface area contributed by atoms with Gasteiger partial charge in [0.2, 0.25) is 0 Å². The Morgan fingerprint density at radius 2 is 2.06 bits per heavy atom. The van der Waals surface area contributed by atoms with Crippen molar-refractivity contribution in [3.05, 3.63) is 0 Å². The zero-order valence-electron chi connectivity index (χ0n) is 10.8. The minimum atomic E-state index is 0.0184. The van der Waals surface area contributed by atoms with Crippen molar-refractivity contribution in [1.29, 1.82) is 0 Å². The molecule has 0 heterocycles. The first-order valence-electron chi connectivity index (χ1n) is 6.54. The summed E-state index contributed by atoms with van der Waals surface area (Å²) in [5.41, 5.74) is 5.86. The maximum atomic E-state index is 5.84. The molecule has 2 rings (SSSR count). The van der Waals surface area contributed by atoms with E-state index in [1.807, 2.05) is 0 Å². The first-order chi connectivity index (χ1) is 7.46. The fourth-order valence-electron chi connectivity index (χ4n) is 2.57. The molecular weight excluding hydrogens is 198 g/mol. The van der Waals surface area contributed by atoms with Crippen molar-refractivity contribution >= 4 is 5.96 Å². The van der Waals surface area contributed by atoms with Crippen molar-refractivity contribution in [2.24, 2.45) is 28.5 Å². The Balaban J connectivity index is 1.69. The minimum Gasteiger partial charge on any atom is -0.370 e. The number of hydrogen-bond acceptors (Lipinski definition) is 1. The molecule has 0 aromatic heterocycles. The first-order valence-corrected chi connectivity index (χ1v) is 6.54. The third kappa shape index (κ3) is 3.13. The highest BCUT2D eigenvalue weighted by Gasteiger charge is 2.44. The van der Waals surface area contributed by atoms with Gasteiger partial charge >= 0.3 is 0 Å². The van der Waals surface area contributed by atoms with Gasteiger partial charge in [0.15, 0.2) is 5.96 Å². The highest BCUT2D eigenvalue weighted by Crippen LogP contribution is 2.51. The number of aliphatic imine (C=N–C) groups is 1. The van der Waals surface area contributed by atoms with Crippen LogP contribution >= 0.6 is 0 Å². The number of nitrogens with zero attached hydrogens (tertiary/aromatic N) is 1. The minimum absolute atomic E-state index is 0.0184. The van der Waals surface area contributed by atoms with Crippen LogP contribution in [0, 0.1) is 17.8 Å². The molecule has 3 nitrogen and oxygen atoms in total. The number of nitrogens with two attached hydrogens (primary N) is 1. The zero-order valence-corrected chi connectivity index (χ0v) is 10.8. The van der Waals surface area contributed by atoms with Crippen LogP contribution in [0.4, 0.5) is 0 Å². The normalized spacial score (nSPS) is 31.1. The van der Waals surface area contributed by atoms with Gasteiger partial charge < -0.3 is 11.1 Å². The zero-order chi connectivity index (χ0) is 11.8. The van der Waals surface area contributed by atoms with Gasteiger partial charge in [0.05, 0.1) is 0 Å². The van der Waals surface area contributed by atoms with E-state index in [2.05, 4.69) is 31.1 Å². The molecule has 0 unspecified atom stereocenters. The smallest absolute Gasteiger partial charge is 0.188 e. The van der Waals surface area contributed by atoms with Gasteiger partial charge in [-0.05, 0) is 44.9 Å². The molecule has 0 spiro atoms. The number of hydrogen-bond donors (Lipinski definition) is 2. The summed E-state index contributed by atoms with van der Waals surface area (Å²) in [7, 11) is 0. The summed E-state index contributed by atoms with van der Waals surface area (Å²) in [6.07, 6.45) is 5.75. The van der Waals surface area contributed by atoms with Gasteiger partial charge in [0, 0.05) is 12.1 Å².